The number of carboxylic acid groups (broad SMARTS) is 1. The molecule has 1 aromatic rings. The van der Waals surface area contributed by atoms with Gasteiger partial charge in [0.15, 0.2) is 5.69 Å². The minimum Gasteiger partial charge on any atom is -0.476 e. The first-order valence-corrected chi connectivity index (χ1v) is 6.62. The Morgan fingerprint density at radius 3 is 2.61 bits per heavy atom. The van der Waals surface area contributed by atoms with Gasteiger partial charge < -0.3 is 5.11 Å². The fourth-order valence-corrected chi connectivity index (χ4v) is 2.45. The van der Waals surface area contributed by atoms with Crippen LogP contribution in [0.25, 0.3) is 0 Å². The number of nitrogens with zero attached hydrogens (tertiary/aromatic N) is 3. The molecule has 1 aromatic heterocycles. The van der Waals surface area contributed by atoms with Gasteiger partial charge in [-0.2, -0.15) is 5.10 Å². The molecule has 0 amide bonds. The molecule has 5 heteroatoms. The van der Waals surface area contributed by atoms with Gasteiger partial charge in [-0.1, -0.05) is 6.42 Å². The van der Waals surface area contributed by atoms with Crippen LogP contribution < -0.4 is 0 Å². The third-order valence-corrected chi connectivity index (χ3v) is 3.36. The molecule has 100 valence electrons. The predicted molar refractivity (Wildman–Crippen MR) is 68.7 cm³/mol. The molecule has 5 nitrogen and oxygen atoms in total. The zero-order valence-electron chi connectivity index (χ0n) is 11.1. The van der Waals surface area contributed by atoms with E-state index < -0.39 is 5.97 Å². The highest BCUT2D eigenvalue weighted by Crippen LogP contribution is 2.17. The summed E-state index contributed by atoms with van der Waals surface area (Å²) >= 11 is 0. The normalized spacial score (nSPS) is 17.3. The van der Waals surface area contributed by atoms with Crippen molar-refractivity contribution in [2.45, 2.75) is 45.7 Å². The number of aromatic carboxylic acids is 1. The Balaban J connectivity index is 2.16. The van der Waals surface area contributed by atoms with E-state index in [1.54, 1.807) is 6.07 Å². The van der Waals surface area contributed by atoms with Crippen LogP contribution in [0.5, 0.6) is 0 Å². The van der Waals surface area contributed by atoms with E-state index >= 15 is 0 Å². The maximum atomic E-state index is 11.0. The predicted octanol–water partition coefficient (Wildman–Crippen LogP) is 2.15. The summed E-state index contributed by atoms with van der Waals surface area (Å²) in [4.78, 5) is 13.4. The van der Waals surface area contributed by atoms with Crippen molar-refractivity contribution in [2.75, 3.05) is 13.1 Å². The number of carbonyl (C=O) groups is 1. The molecule has 0 aliphatic carbocycles. The zero-order valence-corrected chi connectivity index (χ0v) is 11.1. The van der Waals surface area contributed by atoms with Crippen LogP contribution in [0.1, 0.15) is 55.3 Å². The van der Waals surface area contributed by atoms with E-state index in [2.05, 4.69) is 10.00 Å². The summed E-state index contributed by atoms with van der Waals surface area (Å²) < 4.78 is 1.83. The van der Waals surface area contributed by atoms with Crippen LogP contribution in [0.4, 0.5) is 0 Å². The molecule has 0 bridgehead atoms. The topological polar surface area (TPSA) is 58.4 Å². The smallest absolute Gasteiger partial charge is 0.356 e. The molecule has 0 saturated carbocycles. The third-order valence-electron chi connectivity index (χ3n) is 3.36. The van der Waals surface area contributed by atoms with Crippen molar-refractivity contribution in [2.24, 2.45) is 0 Å². The van der Waals surface area contributed by atoms with Gasteiger partial charge in [0.25, 0.3) is 0 Å². The molecule has 18 heavy (non-hydrogen) atoms. The summed E-state index contributed by atoms with van der Waals surface area (Å²) in [6, 6.07) is 1.90. The van der Waals surface area contributed by atoms with Crippen molar-refractivity contribution < 1.29 is 9.90 Å². The van der Waals surface area contributed by atoms with Gasteiger partial charge in [-0.3, -0.25) is 9.58 Å². The monoisotopic (exact) mass is 251 g/mol. The first-order valence-electron chi connectivity index (χ1n) is 6.62. The Hall–Kier alpha value is -1.36. The molecule has 0 unspecified atom stereocenters. The highest BCUT2D eigenvalue weighted by molar-refractivity contribution is 5.85. The Morgan fingerprint density at radius 2 is 2.06 bits per heavy atom. The fraction of sp³-hybridized carbons (Fsp3) is 0.692. The van der Waals surface area contributed by atoms with E-state index in [1.807, 2.05) is 18.5 Å². The largest absolute Gasteiger partial charge is 0.476 e. The molecule has 0 atom stereocenters. The average molecular weight is 251 g/mol. The zero-order chi connectivity index (χ0) is 13.1. The molecule has 1 N–H and O–H groups in total. The Bertz CT molecular complexity index is 420. The van der Waals surface area contributed by atoms with Crippen LogP contribution in [0, 0.1) is 0 Å². The number of rotatable bonds is 4. The maximum absolute atomic E-state index is 11.0. The lowest BCUT2D eigenvalue weighted by atomic mass is 10.1. The average Bonchev–Trinajstić information content (AvgIpc) is 2.74. The molecule has 1 saturated heterocycles. The second kappa shape index (κ2) is 5.52. The number of hydrogen-bond acceptors (Lipinski definition) is 3. The van der Waals surface area contributed by atoms with Crippen molar-refractivity contribution >= 4 is 5.97 Å². The summed E-state index contributed by atoms with van der Waals surface area (Å²) in [5.74, 6) is -0.950. The number of aromatic nitrogens is 2. The summed E-state index contributed by atoms with van der Waals surface area (Å²) in [6.07, 6.45) is 3.78. The van der Waals surface area contributed by atoms with E-state index in [0.29, 0.717) is 0 Å². The van der Waals surface area contributed by atoms with E-state index in [-0.39, 0.29) is 11.7 Å². The number of carboxylic acids is 1. The van der Waals surface area contributed by atoms with E-state index in [0.717, 1.165) is 25.3 Å². The quantitative estimate of drug-likeness (QED) is 0.890. The van der Waals surface area contributed by atoms with Crippen molar-refractivity contribution in [3.05, 3.63) is 17.5 Å². The van der Waals surface area contributed by atoms with Crippen LogP contribution in [0.15, 0.2) is 6.07 Å². The van der Waals surface area contributed by atoms with E-state index in [9.17, 15) is 4.79 Å². The number of piperidine rings is 1. The van der Waals surface area contributed by atoms with Crippen LogP contribution in [-0.4, -0.2) is 38.8 Å². The molecule has 2 heterocycles. The molecule has 1 fully saturated rings. The van der Waals surface area contributed by atoms with Crippen molar-refractivity contribution in [3.63, 3.8) is 0 Å². The van der Waals surface area contributed by atoms with Gasteiger partial charge in [0, 0.05) is 12.6 Å². The van der Waals surface area contributed by atoms with Gasteiger partial charge in [0.2, 0.25) is 0 Å². The lowest BCUT2D eigenvalue weighted by Crippen LogP contribution is -2.30. The molecule has 0 aromatic carbocycles. The van der Waals surface area contributed by atoms with Crippen molar-refractivity contribution in [3.8, 4) is 0 Å². The van der Waals surface area contributed by atoms with Gasteiger partial charge in [0.1, 0.15) is 0 Å². The molecule has 0 spiro atoms. The standard InChI is InChI=1S/C13H21N3O2/c1-10(2)16-11(8-12(14-16)13(17)18)9-15-6-4-3-5-7-15/h8,10H,3-7,9H2,1-2H3,(H,17,18). The van der Waals surface area contributed by atoms with Gasteiger partial charge in [0.05, 0.1) is 5.69 Å². The van der Waals surface area contributed by atoms with Crippen molar-refractivity contribution in [1.29, 1.82) is 0 Å². The Kier molecular flexibility index (Phi) is 4.01. The summed E-state index contributed by atoms with van der Waals surface area (Å²) in [5.41, 5.74) is 1.15. The highest BCUT2D eigenvalue weighted by atomic mass is 16.4. The van der Waals surface area contributed by atoms with Crippen LogP contribution in [0.3, 0.4) is 0 Å². The van der Waals surface area contributed by atoms with Crippen molar-refractivity contribution in [1.82, 2.24) is 14.7 Å². The molecular formula is C13H21N3O2. The van der Waals surface area contributed by atoms with E-state index in [4.69, 9.17) is 5.11 Å². The summed E-state index contributed by atoms with van der Waals surface area (Å²) in [5, 5.41) is 13.2. The number of hydrogen-bond donors (Lipinski definition) is 1. The molecule has 0 radical (unpaired) electrons. The van der Waals surface area contributed by atoms with Gasteiger partial charge in [-0.25, -0.2) is 4.79 Å². The lowest BCUT2D eigenvalue weighted by molar-refractivity contribution is 0.0689. The minimum absolute atomic E-state index is 0.149. The Labute approximate surface area is 107 Å². The fourth-order valence-electron chi connectivity index (χ4n) is 2.45. The lowest BCUT2D eigenvalue weighted by Gasteiger charge is -2.26. The van der Waals surface area contributed by atoms with Gasteiger partial charge in [-0.15, -0.1) is 0 Å². The highest BCUT2D eigenvalue weighted by Gasteiger charge is 2.18. The second-order valence-electron chi connectivity index (χ2n) is 5.20. The second-order valence-corrected chi connectivity index (χ2v) is 5.20. The molecular weight excluding hydrogens is 230 g/mol. The molecule has 1 aliphatic rings. The van der Waals surface area contributed by atoms with Crippen LogP contribution >= 0.6 is 0 Å². The first kappa shape index (κ1) is 13.1. The van der Waals surface area contributed by atoms with Crippen LogP contribution in [0.2, 0.25) is 0 Å². The number of likely N-dealkylation sites (tertiary alicyclic amines) is 1. The Morgan fingerprint density at radius 1 is 1.39 bits per heavy atom. The minimum atomic E-state index is -0.950. The summed E-state index contributed by atoms with van der Waals surface area (Å²) in [7, 11) is 0. The van der Waals surface area contributed by atoms with Crippen LogP contribution in [-0.2, 0) is 6.54 Å². The maximum Gasteiger partial charge on any atom is 0.356 e. The molecule has 2 rings (SSSR count). The van der Waals surface area contributed by atoms with Gasteiger partial charge >= 0.3 is 5.97 Å². The molecule has 1 aliphatic heterocycles. The third kappa shape index (κ3) is 2.90. The SMILES string of the molecule is CC(C)n1nc(C(=O)O)cc1CN1CCCCC1. The first-order chi connectivity index (χ1) is 8.58. The van der Waals surface area contributed by atoms with E-state index in [1.165, 1.54) is 19.3 Å². The van der Waals surface area contributed by atoms with Gasteiger partial charge in [-0.05, 0) is 45.8 Å². The summed E-state index contributed by atoms with van der Waals surface area (Å²) in [6.45, 7) is 7.06.